The first-order valence-electron chi connectivity index (χ1n) is 8.37. The van der Waals surface area contributed by atoms with Crippen molar-refractivity contribution in [2.45, 2.75) is 19.4 Å². The van der Waals surface area contributed by atoms with Crippen molar-refractivity contribution in [3.63, 3.8) is 0 Å². The van der Waals surface area contributed by atoms with Gasteiger partial charge in [0.15, 0.2) is 0 Å². The number of carbonyl (C=O) groups excluding carboxylic acids is 2. The lowest BCUT2D eigenvalue weighted by molar-refractivity contribution is -0.125. The fourth-order valence-electron chi connectivity index (χ4n) is 2.89. The average molecular weight is 355 g/mol. The van der Waals surface area contributed by atoms with Crippen molar-refractivity contribution < 1.29 is 14.3 Å². The van der Waals surface area contributed by atoms with E-state index < -0.39 is 6.03 Å². The van der Waals surface area contributed by atoms with Gasteiger partial charge in [-0.1, -0.05) is 0 Å². The van der Waals surface area contributed by atoms with Crippen molar-refractivity contribution in [3.8, 4) is 11.1 Å². The van der Waals surface area contributed by atoms with E-state index in [1.54, 1.807) is 25.6 Å². The molecule has 0 fully saturated rings. The maximum absolute atomic E-state index is 11.5. The minimum absolute atomic E-state index is 0.00405. The van der Waals surface area contributed by atoms with E-state index in [9.17, 15) is 9.59 Å². The highest BCUT2D eigenvalue weighted by atomic mass is 16.5. The van der Waals surface area contributed by atoms with Gasteiger partial charge in [0, 0.05) is 43.3 Å². The lowest BCUT2D eigenvalue weighted by atomic mass is 10.0. The van der Waals surface area contributed by atoms with E-state index in [2.05, 4.69) is 15.3 Å². The molecular weight excluding hydrogens is 334 g/mol. The summed E-state index contributed by atoms with van der Waals surface area (Å²) in [6, 6.07) is 3.49. The molecule has 8 heteroatoms. The second kappa shape index (κ2) is 7.92. The first-order valence-corrected chi connectivity index (χ1v) is 8.37. The number of urea groups is 1. The molecule has 0 radical (unpaired) electrons. The van der Waals surface area contributed by atoms with Gasteiger partial charge in [0.1, 0.15) is 12.4 Å². The van der Waals surface area contributed by atoms with Gasteiger partial charge in [0.2, 0.25) is 5.91 Å². The van der Waals surface area contributed by atoms with Crippen LogP contribution in [0.5, 0.6) is 0 Å². The maximum atomic E-state index is 11.5. The molecule has 2 aromatic rings. The number of anilines is 1. The van der Waals surface area contributed by atoms with Crippen LogP contribution in [-0.2, 0) is 22.6 Å². The molecule has 3 rings (SSSR count). The van der Waals surface area contributed by atoms with Crippen LogP contribution in [0.15, 0.2) is 30.7 Å². The zero-order valence-electron chi connectivity index (χ0n) is 14.6. The van der Waals surface area contributed by atoms with Crippen molar-refractivity contribution in [1.29, 1.82) is 0 Å². The Bertz CT molecular complexity index is 824. The number of hydrogen-bond acceptors (Lipinski definition) is 5. The molecule has 0 aliphatic carbocycles. The lowest BCUT2D eigenvalue weighted by Gasteiger charge is -2.26. The van der Waals surface area contributed by atoms with Crippen molar-refractivity contribution in [1.82, 2.24) is 15.3 Å². The van der Waals surface area contributed by atoms with Crippen LogP contribution in [0.1, 0.15) is 17.5 Å². The normalized spacial score (nSPS) is 13.2. The summed E-state index contributed by atoms with van der Waals surface area (Å²) in [5.41, 5.74) is 9.09. The zero-order valence-corrected chi connectivity index (χ0v) is 14.6. The third-order valence-corrected chi connectivity index (χ3v) is 4.20. The van der Waals surface area contributed by atoms with E-state index >= 15 is 0 Å². The fraction of sp³-hybridized carbons (Fsp3) is 0.333. The van der Waals surface area contributed by atoms with Gasteiger partial charge in [-0.05, 0) is 36.1 Å². The standard InChI is InChI=1S/C18H21N5O3/c1-20-16(24)11-26-10-12-5-14(8-21-7-12)15-6-13-3-2-4-23(18(19)25)17(13)22-9-15/h5-9H,2-4,10-11H2,1H3,(H2,19,25)(H,20,24). The van der Waals surface area contributed by atoms with Crippen molar-refractivity contribution in [2.24, 2.45) is 5.73 Å². The van der Waals surface area contributed by atoms with Crippen LogP contribution in [0.4, 0.5) is 10.6 Å². The number of amides is 3. The van der Waals surface area contributed by atoms with E-state index in [-0.39, 0.29) is 12.5 Å². The van der Waals surface area contributed by atoms with Crippen molar-refractivity contribution in [3.05, 3.63) is 41.9 Å². The van der Waals surface area contributed by atoms with Gasteiger partial charge >= 0.3 is 6.03 Å². The van der Waals surface area contributed by atoms with Crippen LogP contribution in [0.25, 0.3) is 11.1 Å². The summed E-state index contributed by atoms with van der Waals surface area (Å²) in [6.07, 6.45) is 6.87. The van der Waals surface area contributed by atoms with Crippen molar-refractivity contribution >= 4 is 17.8 Å². The summed E-state index contributed by atoms with van der Waals surface area (Å²) in [6.45, 7) is 0.889. The minimum Gasteiger partial charge on any atom is -0.367 e. The SMILES string of the molecule is CNC(=O)COCc1cncc(-c2cnc3c(c2)CCCN3C(N)=O)c1. The molecule has 0 spiro atoms. The number of carbonyl (C=O) groups is 2. The van der Waals surface area contributed by atoms with E-state index in [1.807, 2.05) is 12.1 Å². The Labute approximate surface area is 151 Å². The number of hydrogen-bond donors (Lipinski definition) is 2. The number of nitrogens with one attached hydrogen (secondary N) is 1. The molecule has 0 bridgehead atoms. The number of nitrogens with two attached hydrogens (primary N) is 1. The monoisotopic (exact) mass is 355 g/mol. The van der Waals surface area contributed by atoms with Crippen LogP contribution < -0.4 is 16.0 Å². The van der Waals surface area contributed by atoms with Gasteiger partial charge < -0.3 is 15.8 Å². The Morgan fingerprint density at radius 3 is 2.85 bits per heavy atom. The molecule has 3 N–H and O–H groups in total. The molecule has 0 atom stereocenters. The molecule has 0 saturated heterocycles. The zero-order chi connectivity index (χ0) is 18.5. The Morgan fingerprint density at radius 2 is 2.08 bits per heavy atom. The van der Waals surface area contributed by atoms with Gasteiger partial charge in [-0.25, -0.2) is 9.78 Å². The molecule has 8 nitrogen and oxygen atoms in total. The Morgan fingerprint density at radius 1 is 1.27 bits per heavy atom. The summed E-state index contributed by atoms with van der Waals surface area (Å²) >= 11 is 0. The highest BCUT2D eigenvalue weighted by Crippen LogP contribution is 2.29. The highest BCUT2D eigenvalue weighted by Gasteiger charge is 2.22. The molecule has 3 heterocycles. The summed E-state index contributed by atoms with van der Waals surface area (Å²) in [4.78, 5) is 32.9. The maximum Gasteiger partial charge on any atom is 0.320 e. The predicted molar refractivity (Wildman–Crippen MR) is 96.4 cm³/mol. The van der Waals surface area contributed by atoms with Crippen LogP contribution >= 0.6 is 0 Å². The number of ether oxygens (including phenoxy) is 1. The second-order valence-electron chi connectivity index (χ2n) is 6.05. The number of fused-ring (bicyclic) bond motifs is 1. The fourth-order valence-corrected chi connectivity index (χ4v) is 2.89. The number of pyridine rings is 2. The van der Waals surface area contributed by atoms with Gasteiger partial charge in [-0.3, -0.25) is 14.7 Å². The molecule has 3 amide bonds. The molecule has 1 aliphatic rings. The van der Waals surface area contributed by atoms with E-state index in [4.69, 9.17) is 10.5 Å². The summed E-state index contributed by atoms with van der Waals surface area (Å²) in [7, 11) is 1.57. The average Bonchev–Trinajstić information content (AvgIpc) is 2.67. The molecule has 0 unspecified atom stereocenters. The van der Waals surface area contributed by atoms with Crippen LogP contribution in [0, 0.1) is 0 Å². The van der Waals surface area contributed by atoms with Gasteiger partial charge in [0.25, 0.3) is 0 Å². The Balaban J connectivity index is 1.78. The second-order valence-corrected chi connectivity index (χ2v) is 6.05. The number of aryl methyl sites for hydroxylation is 1. The van der Waals surface area contributed by atoms with Crippen LogP contribution in [0.3, 0.4) is 0 Å². The minimum atomic E-state index is -0.483. The largest absolute Gasteiger partial charge is 0.367 e. The summed E-state index contributed by atoms with van der Waals surface area (Å²) in [5.74, 6) is 0.456. The number of rotatable bonds is 5. The molecule has 0 aromatic carbocycles. The molecule has 1 aliphatic heterocycles. The third kappa shape index (κ3) is 3.97. The molecular formula is C18H21N5O3. The van der Waals surface area contributed by atoms with Crippen molar-refractivity contribution in [2.75, 3.05) is 25.1 Å². The molecule has 136 valence electrons. The first kappa shape index (κ1) is 17.8. The highest BCUT2D eigenvalue weighted by molar-refractivity contribution is 5.91. The van der Waals surface area contributed by atoms with Gasteiger partial charge in [0.05, 0.1) is 6.61 Å². The molecule has 0 saturated carbocycles. The molecule has 2 aromatic heterocycles. The number of primary amides is 1. The summed E-state index contributed by atoms with van der Waals surface area (Å²) < 4.78 is 5.37. The quantitative estimate of drug-likeness (QED) is 0.838. The first-order chi connectivity index (χ1) is 12.6. The number of likely N-dealkylation sites (N-methyl/N-ethyl adjacent to an activating group) is 1. The Hall–Kier alpha value is -3.00. The van der Waals surface area contributed by atoms with Gasteiger partial charge in [-0.2, -0.15) is 0 Å². The smallest absolute Gasteiger partial charge is 0.320 e. The van der Waals surface area contributed by atoms with E-state index in [0.29, 0.717) is 19.0 Å². The molecule has 26 heavy (non-hydrogen) atoms. The van der Waals surface area contributed by atoms with Gasteiger partial charge in [-0.15, -0.1) is 0 Å². The van der Waals surface area contributed by atoms with E-state index in [0.717, 1.165) is 35.1 Å². The van der Waals surface area contributed by atoms with Crippen LogP contribution in [-0.4, -0.2) is 42.1 Å². The van der Waals surface area contributed by atoms with Crippen LogP contribution in [0.2, 0.25) is 0 Å². The number of nitrogens with zero attached hydrogens (tertiary/aromatic N) is 3. The predicted octanol–water partition coefficient (Wildman–Crippen LogP) is 1.24. The van der Waals surface area contributed by atoms with E-state index in [1.165, 1.54) is 4.90 Å². The lowest BCUT2D eigenvalue weighted by Crippen LogP contribution is -2.40. The summed E-state index contributed by atoms with van der Waals surface area (Å²) in [5, 5.41) is 2.50. The third-order valence-electron chi connectivity index (χ3n) is 4.20. The Kier molecular flexibility index (Phi) is 5.43. The number of aromatic nitrogens is 2. The topological polar surface area (TPSA) is 110 Å².